The van der Waals surface area contributed by atoms with Gasteiger partial charge in [-0.25, -0.2) is 0 Å². The molecule has 7 heteroatoms. The van der Waals surface area contributed by atoms with E-state index in [0.29, 0.717) is 13.0 Å². The molecule has 1 unspecified atom stereocenters. The minimum atomic E-state index is -0.489. The van der Waals surface area contributed by atoms with Crippen molar-refractivity contribution in [1.29, 1.82) is 0 Å². The third-order valence-corrected chi connectivity index (χ3v) is 2.91. The van der Waals surface area contributed by atoms with E-state index in [-0.39, 0.29) is 24.0 Å². The van der Waals surface area contributed by atoms with Crippen molar-refractivity contribution in [3.8, 4) is 5.75 Å². The summed E-state index contributed by atoms with van der Waals surface area (Å²) in [5.74, 6) is -0.167. The molecular formula is C14H20N2O5. The summed E-state index contributed by atoms with van der Waals surface area (Å²) in [7, 11) is 1.32. The quantitative estimate of drug-likeness (QED) is 0.447. The van der Waals surface area contributed by atoms with Crippen LogP contribution in [-0.2, 0) is 9.53 Å². The molecule has 0 aliphatic rings. The third kappa shape index (κ3) is 5.03. The average molecular weight is 296 g/mol. The number of rotatable bonds is 8. The van der Waals surface area contributed by atoms with Crippen molar-refractivity contribution in [1.82, 2.24) is 5.32 Å². The summed E-state index contributed by atoms with van der Waals surface area (Å²) in [5, 5.41) is 13.9. The first-order valence-corrected chi connectivity index (χ1v) is 6.68. The van der Waals surface area contributed by atoms with Crippen LogP contribution in [0.15, 0.2) is 18.2 Å². The van der Waals surface area contributed by atoms with Gasteiger partial charge in [0.25, 0.3) is 0 Å². The number of benzene rings is 1. The minimum Gasteiger partial charge on any atom is -0.487 e. The number of hydrogen-bond acceptors (Lipinski definition) is 6. The average Bonchev–Trinajstić information content (AvgIpc) is 2.45. The predicted octanol–water partition coefficient (Wildman–Crippen LogP) is 1.82. The van der Waals surface area contributed by atoms with Crippen molar-refractivity contribution in [3.05, 3.63) is 33.9 Å². The fourth-order valence-corrected chi connectivity index (χ4v) is 1.87. The molecule has 0 aliphatic carbocycles. The number of nitro groups is 1. The SMILES string of the molecule is CCNC(CCOc1cc(C)ccc1[N+](=O)[O-])C(=O)OC. The van der Waals surface area contributed by atoms with E-state index in [0.717, 1.165) is 5.56 Å². The van der Waals surface area contributed by atoms with E-state index in [2.05, 4.69) is 10.1 Å². The van der Waals surface area contributed by atoms with Crippen LogP contribution < -0.4 is 10.1 Å². The van der Waals surface area contributed by atoms with Crippen LogP contribution in [0.4, 0.5) is 5.69 Å². The smallest absolute Gasteiger partial charge is 0.322 e. The number of carbonyl (C=O) groups is 1. The topological polar surface area (TPSA) is 90.7 Å². The molecule has 1 aromatic carbocycles. The molecule has 1 rings (SSSR count). The molecule has 1 N–H and O–H groups in total. The lowest BCUT2D eigenvalue weighted by molar-refractivity contribution is -0.385. The fraction of sp³-hybridized carbons (Fsp3) is 0.500. The third-order valence-electron chi connectivity index (χ3n) is 2.91. The van der Waals surface area contributed by atoms with Gasteiger partial charge in [-0.3, -0.25) is 14.9 Å². The molecule has 1 atom stereocenters. The largest absolute Gasteiger partial charge is 0.487 e. The molecule has 0 saturated heterocycles. The number of carbonyl (C=O) groups excluding carboxylic acids is 1. The summed E-state index contributed by atoms with van der Waals surface area (Å²) in [6.07, 6.45) is 0.367. The Kier molecular flexibility index (Phi) is 6.61. The van der Waals surface area contributed by atoms with Gasteiger partial charge in [-0.2, -0.15) is 0 Å². The van der Waals surface area contributed by atoms with Gasteiger partial charge < -0.3 is 14.8 Å². The summed E-state index contributed by atoms with van der Waals surface area (Å²) in [5.41, 5.74) is 0.783. The van der Waals surface area contributed by atoms with Crippen molar-refractivity contribution in [2.45, 2.75) is 26.3 Å². The molecule has 0 fully saturated rings. The highest BCUT2D eigenvalue weighted by atomic mass is 16.6. The van der Waals surface area contributed by atoms with Gasteiger partial charge in [0, 0.05) is 12.5 Å². The number of nitrogens with zero attached hydrogens (tertiary/aromatic N) is 1. The number of likely N-dealkylation sites (N-methyl/N-ethyl adjacent to an activating group) is 1. The number of esters is 1. The Morgan fingerprint density at radius 1 is 1.48 bits per heavy atom. The Morgan fingerprint density at radius 3 is 2.76 bits per heavy atom. The standard InChI is InChI=1S/C14H20N2O5/c1-4-15-11(14(17)20-3)7-8-21-13-9-10(2)5-6-12(13)16(18)19/h5-6,9,11,15H,4,7-8H2,1-3H3. The minimum absolute atomic E-state index is 0.0846. The molecule has 116 valence electrons. The zero-order valence-electron chi connectivity index (χ0n) is 12.4. The Hall–Kier alpha value is -2.15. The first kappa shape index (κ1) is 16.9. The number of ether oxygens (including phenoxy) is 2. The molecule has 0 aromatic heterocycles. The zero-order chi connectivity index (χ0) is 15.8. The maximum atomic E-state index is 11.5. The van der Waals surface area contributed by atoms with Gasteiger partial charge in [0.05, 0.1) is 18.6 Å². The Bertz CT molecular complexity index is 504. The lowest BCUT2D eigenvalue weighted by Gasteiger charge is -2.15. The van der Waals surface area contributed by atoms with Crippen LogP contribution in [-0.4, -0.2) is 37.2 Å². The highest BCUT2D eigenvalue weighted by Crippen LogP contribution is 2.27. The predicted molar refractivity (Wildman–Crippen MR) is 77.4 cm³/mol. The highest BCUT2D eigenvalue weighted by molar-refractivity contribution is 5.75. The molecule has 0 bridgehead atoms. The van der Waals surface area contributed by atoms with Gasteiger partial charge in [-0.15, -0.1) is 0 Å². The monoisotopic (exact) mass is 296 g/mol. The van der Waals surface area contributed by atoms with E-state index in [1.807, 2.05) is 13.8 Å². The number of aryl methyl sites for hydroxylation is 1. The van der Waals surface area contributed by atoms with Gasteiger partial charge >= 0.3 is 11.7 Å². The normalized spacial score (nSPS) is 11.8. The van der Waals surface area contributed by atoms with E-state index in [1.54, 1.807) is 12.1 Å². The molecule has 21 heavy (non-hydrogen) atoms. The second kappa shape index (κ2) is 8.21. The molecular weight excluding hydrogens is 276 g/mol. The van der Waals surface area contributed by atoms with E-state index in [4.69, 9.17) is 4.74 Å². The van der Waals surface area contributed by atoms with E-state index >= 15 is 0 Å². The van der Waals surface area contributed by atoms with Crippen molar-refractivity contribution >= 4 is 11.7 Å². The number of nitrogens with one attached hydrogen (secondary N) is 1. The lowest BCUT2D eigenvalue weighted by atomic mass is 10.2. The van der Waals surface area contributed by atoms with Gasteiger partial charge in [0.15, 0.2) is 5.75 Å². The second-order valence-electron chi connectivity index (χ2n) is 4.50. The summed E-state index contributed by atoms with van der Waals surface area (Å²) < 4.78 is 10.1. The molecule has 0 saturated carbocycles. The summed E-state index contributed by atoms with van der Waals surface area (Å²) >= 11 is 0. The molecule has 0 aliphatic heterocycles. The fourth-order valence-electron chi connectivity index (χ4n) is 1.87. The molecule has 0 radical (unpaired) electrons. The van der Waals surface area contributed by atoms with E-state index < -0.39 is 11.0 Å². The van der Waals surface area contributed by atoms with Crippen LogP contribution in [0.3, 0.4) is 0 Å². The second-order valence-corrected chi connectivity index (χ2v) is 4.50. The van der Waals surface area contributed by atoms with Crippen LogP contribution in [0.5, 0.6) is 5.75 Å². The highest BCUT2D eigenvalue weighted by Gasteiger charge is 2.19. The van der Waals surface area contributed by atoms with Crippen molar-refractivity contribution in [2.24, 2.45) is 0 Å². The molecule has 1 aromatic rings. The van der Waals surface area contributed by atoms with Gasteiger partial charge in [-0.1, -0.05) is 13.0 Å². The molecule has 0 amide bonds. The van der Waals surface area contributed by atoms with Gasteiger partial charge in [-0.05, 0) is 25.1 Å². The number of nitro benzene ring substituents is 1. The Morgan fingerprint density at radius 2 is 2.19 bits per heavy atom. The van der Waals surface area contributed by atoms with E-state index in [1.165, 1.54) is 13.2 Å². The Balaban J connectivity index is 2.68. The van der Waals surface area contributed by atoms with Crippen molar-refractivity contribution in [3.63, 3.8) is 0 Å². The maximum absolute atomic E-state index is 11.5. The van der Waals surface area contributed by atoms with Crippen LogP contribution >= 0.6 is 0 Å². The van der Waals surface area contributed by atoms with E-state index in [9.17, 15) is 14.9 Å². The van der Waals surface area contributed by atoms with Crippen LogP contribution in [0.1, 0.15) is 18.9 Å². The van der Waals surface area contributed by atoms with Crippen LogP contribution in [0.2, 0.25) is 0 Å². The number of methoxy groups -OCH3 is 1. The zero-order valence-corrected chi connectivity index (χ0v) is 12.4. The maximum Gasteiger partial charge on any atom is 0.322 e. The Labute approximate surface area is 123 Å². The van der Waals surface area contributed by atoms with Crippen molar-refractivity contribution < 1.29 is 19.2 Å². The molecule has 7 nitrogen and oxygen atoms in total. The molecule has 0 spiro atoms. The summed E-state index contributed by atoms with van der Waals surface area (Å²) in [6, 6.07) is 4.19. The summed E-state index contributed by atoms with van der Waals surface area (Å²) in [4.78, 5) is 22.0. The first-order valence-electron chi connectivity index (χ1n) is 6.68. The van der Waals surface area contributed by atoms with Crippen molar-refractivity contribution in [2.75, 3.05) is 20.3 Å². The lowest BCUT2D eigenvalue weighted by Crippen LogP contribution is -2.38. The molecule has 0 heterocycles. The van der Waals surface area contributed by atoms with Gasteiger partial charge in [0.2, 0.25) is 0 Å². The van der Waals surface area contributed by atoms with Crippen LogP contribution in [0.25, 0.3) is 0 Å². The van der Waals surface area contributed by atoms with Crippen LogP contribution in [0, 0.1) is 17.0 Å². The summed E-state index contributed by atoms with van der Waals surface area (Å²) in [6.45, 7) is 4.50. The van der Waals surface area contributed by atoms with Gasteiger partial charge in [0.1, 0.15) is 6.04 Å². The number of hydrogen-bond donors (Lipinski definition) is 1. The first-order chi connectivity index (χ1) is 9.99.